The van der Waals surface area contributed by atoms with Crippen molar-refractivity contribution in [3.63, 3.8) is 0 Å². The van der Waals surface area contributed by atoms with Crippen LogP contribution in [0.5, 0.6) is 0 Å². The van der Waals surface area contributed by atoms with E-state index in [4.69, 9.17) is 9.41 Å². The molecule has 3 heterocycles. The summed E-state index contributed by atoms with van der Waals surface area (Å²) in [7, 11) is 0. The Labute approximate surface area is 184 Å². The van der Waals surface area contributed by atoms with Gasteiger partial charge in [0.2, 0.25) is 5.89 Å². The first-order valence-electron chi connectivity index (χ1n) is 11.2. The molecule has 0 unspecified atom stereocenters. The van der Waals surface area contributed by atoms with Gasteiger partial charge in [0.15, 0.2) is 5.96 Å². The fourth-order valence-electron chi connectivity index (χ4n) is 3.60. The maximum absolute atomic E-state index is 5.73. The number of aromatic nitrogens is 2. The van der Waals surface area contributed by atoms with Crippen LogP contribution in [0, 0.1) is 19.8 Å². The summed E-state index contributed by atoms with van der Waals surface area (Å²) in [6.45, 7) is 13.8. The molecule has 0 amide bonds. The molecule has 0 spiro atoms. The van der Waals surface area contributed by atoms with Crippen molar-refractivity contribution in [3.8, 4) is 0 Å². The second kappa shape index (κ2) is 11.5. The van der Waals surface area contributed by atoms with E-state index < -0.39 is 0 Å². The third-order valence-corrected chi connectivity index (χ3v) is 6.77. The molecule has 0 bridgehead atoms. The van der Waals surface area contributed by atoms with Crippen LogP contribution in [-0.4, -0.2) is 53.6 Å². The molecule has 0 atom stereocenters. The van der Waals surface area contributed by atoms with Gasteiger partial charge < -0.3 is 15.1 Å². The zero-order valence-corrected chi connectivity index (χ0v) is 19.6. The normalized spacial score (nSPS) is 16.2. The molecule has 1 aliphatic heterocycles. The fraction of sp³-hybridized carbons (Fsp3) is 0.682. The van der Waals surface area contributed by atoms with Crippen LogP contribution < -0.4 is 10.6 Å². The number of piperidine rings is 1. The van der Waals surface area contributed by atoms with Crippen molar-refractivity contribution in [2.24, 2.45) is 10.9 Å². The standard InChI is InChI=1S/C22H36N6OS/c1-5-19-14-25-21(30-19)7-10-24-22(23-6-2)26-13-18-8-11-28(12-9-18)15-20-27-16(3)17(4)29-20/h14,18H,5-13,15H2,1-4H3,(H2,23,24,26). The van der Waals surface area contributed by atoms with Crippen molar-refractivity contribution >= 4 is 17.3 Å². The summed E-state index contributed by atoms with van der Waals surface area (Å²) in [4.78, 5) is 17.6. The van der Waals surface area contributed by atoms with Gasteiger partial charge in [0, 0.05) is 37.1 Å². The maximum Gasteiger partial charge on any atom is 0.208 e. The van der Waals surface area contributed by atoms with Gasteiger partial charge >= 0.3 is 0 Å². The number of hydrogen-bond donors (Lipinski definition) is 2. The molecule has 1 saturated heterocycles. The van der Waals surface area contributed by atoms with E-state index in [0.717, 1.165) is 75.4 Å². The number of hydrogen-bond acceptors (Lipinski definition) is 6. The number of aliphatic imine (C=N–C) groups is 1. The second-order valence-electron chi connectivity index (χ2n) is 7.94. The molecule has 0 radical (unpaired) electrons. The fourth-order valence-corrected chi connectivity index (χ4v) is 4.46. The van der Waals surface area contributed by atoms with E-state index in [1.807, 2.05) is 31.4 Å². The van der Waals surface area contributed by atoms with Crippen LogP contribution in [0.4, 0.5) is 0 Å². The van der Waals surface area contributed by atoms with Crippen LogP contribution in [-0.2, 0) is 19.4 Å². The predicted molar refractivity (Wildman–Crippen MR) is 123 cm³/mol. The highest BCUT2D eigenvalue weighted by Gasteiger charge is 2.21. The molecule has 3 rings (SSSR count). The first-order chi connectivity index (χ1) is 14.6. The molecule has 1 fully saturated rings. The molecule has 0 saturated carbocycles. The summed E-state index contributed by atoms with van der Waals surface area (Å²) in [5.41, 5.74) is 0.998. The third-order valence-electron chi connectivity index (χ3n) is 5.57. The third kappa shape index (κ3) is 6.80. The van der Waals surface area contributed by atoms with Gasteiger partial charge in [-0.05, 0) is 59.0 Å². The lowest BCUT2D eigenvalue weighted by Crippen LogP contribution is -2.39. The number of guanidine groups is 1. The molecular formula is C22H36N6OS. The van der Waals surface area contributed by atoms with Crippen LogP contribution >= 0.6 is 11.3 Å². The van der Waals surface area contributed by atoms with Gasteiger partial charge in [-0.3, -0.25) is 9.89 Å². The lowest BCUT2D eigenvalue weighted by molar-refractivity contribution is 0.166. The van der Waals surface area contributed by atoms with Crippen molar-refractivity contribution in [2.75, 3.05) is 32.7 Å². The first-order valence-corrected chi connectivity index (χ1v) is 12.0. The van der Waals surface area contributed by atoms with Crippen molar-refractivity contribution in [1.82, 2.24) is 25.5 Å². The van der Waals surface area contributed by atoms with E-state index in [0.29, 0.717) is 5.92 Å². The second-order valence-corrected chi connectivity index (χ2v) is 9.14. The van der Waals surface area contributed by atoms with Gasteiger partial charge in [0.25, 0.3) is 0 Å². The van der Waals surface area contributed by atoms with Gasteiger partial charge in [-0.15, -0.1) is 11.3 Å². The maximum atomic E-state index is 5.73. The number of aryl methyl sites for hydroxylation is 3. The first kappa shape index (κ1) is 22.7. The van der Waals surface area contributed by atoms with Crippen molar-refractivity contribution in [2.45, 2.75) is 59.9 Å². The van der Waals surface area contributed by atoms with Crippen molar-refractivity contribution < 1.29 is 4.42 Å². The van der Waals surface area contributed by atoms with E-state index in [1.165, 1.54) is 22.7 Å². The van der Waals surface area contributed by atoms with E-state index in [2.05, 4.69) is 39.3 Å². The zero-order chi connectivity index (χ0) is 21.3. The van der Waals surface area contributed by atoms with Gasteiger partial charge in [-0.1, -0.05) is 6.92 Å². The molecule has 1 aliphatic rings. The quantitative estimate of drug-likeness (QED) is 0.467. The van der Waals surface area contributed by atoms with Crippen LogP contribution in [0.15, 0.2) is 15.6 Å². The number of rotatable bonds is 9. The minimum absolute atomic E-state index is 0.635. The molecule has 2 N–H and O–H groups in total. The molecule has 30 heavy (non-hydrogen) atoms. The van der Waals surface area contributed by atoms with Crippen molar-refractivity contribution in [1.29, 1.82) is 0 Å². The SMILES string of the molecule is CCNC(=NCC1CCN(Cc2nc(C)c(C)o2)CC1)NCCc1ncc(CC)s1. The van der Waals surface area contributed by atoms with Gasteiger partial charge in [0.05, 0.1) is 17.2 Å². The van der Waals surface area contributed by atoms with Gasteiger partial charge in [0.1, 0.15) is 5.76 Å². The number of oxazole rings is 1. The zero-order valence-electron chi connectivity index (χ0n) is 18.8. The molecule has 0 aromatic carbocycles. The summed E-state index contributed by atoms with van der Waals surface area (Å²) in [6, 6.07) is 0. The average molecular weight is 433 g/mol. The number of likely N-dealkylation sites (tertiary alicyclic amines) is 1. The summed E-state index contributed by atoms with van der Waals surface area (Å²) < 4.78 is 5.73. The molecule has 0 aliphatic carbocycles. The molecule has 2 aromatic rings. The summed E-state index contributed by atoms with van der Waals surface area (Å²) in [5, 5.41) is 8.02. The topological polar surface area (TPSA) is 78.6 Å². The summed E-state index contributed by atoms with van der Waals surface area (Å²) >= 11 is 1.81. The molecule has 8 heteroatoms. The summed E-state index contributed by atoms with van der Waals surface area (Å²) in [6.07, 6.45) is 6.33. The highest BCUT2D eigenvalue weighted by Crippen LogP contribution is 2.20. The minimum Gasteiger partial charge on any atom is -0.444 e. The number of nitrogens with one attached hydrogen (secondary N) is 2. The molecule has 166 valence electrons. The Hall–Kier alpha value is -1.93. The van der Waals surface area contributed by atoms with E-state index >= 15 is 0 Å². The Morgan fingerprint density at radius 1 is 1.27 bits per heavy atom. The summed E-state index contributed by atoms with van der Waals surface area (Å²) in [5.74, 6) is 3.32. The van der Waals surface area contributed by atoms with Crippen LogP contribution in [0.1, 0.15) is 53.9 Å². The highest BCUT2D eigenvalue weighted by atomic mass is 32.1. The molecule has 7 nitrogen and oxygen atoms in total. The van der Waals surface area contributed by atoms with E-state index in [9.17, 15) is 0 Å². The Kier molecular flexibility index (Phi) is 8.69. The van der Waals surface area contributed by atoms with Crippen LogP contribution in [0.3, 0.4) is 0 Å². The smallest absolute Gasteiger partial charge is 0.208 e. The monoisotopic (exact) mass is 432 g/mol. The molecule has 2 aromatic heterocycles. The van der Waals surface area contributed by atoms with Crippen LogP contribution in [0.25, 0.3) is 0 Å². The van der Waals surface area contributed by atoms with E-state index in [-0.39, 0.29) is 0 Å². The Balaban J connectivity index is 1.40. The Bertz CT molecular complexity index is 787. The lowest BCUT2D eigenvalue weighted by Gasteiger charge is -2.30. The lowest BCUT2D eigenvalue weighted by atomic mass is 9.97. The van der Waals surface area contributed by atoms with Crippen molar-refractivity contribution in [3.05, 3.63) is 33.4 Å². The Morgan fingerprint density at radius 2 is 2.07 bits per heavy atom. The van der Waals surface area contributed by atoms with Crippen LogP contribution in [0.2, 0.25) is 0 Å². The predicted octanol–water partition coefficient (Wildman–Crippen LogP) is 3.32. The van der Waals surface area contributed by atoms with E-state index in [1.54, 1.807) is 0 Å². The average Bonchev–Trinajstić information content (AvgIpc) is 3.33. The van der Waals surface area contributed by atoms with Gasteiger partial charge in [-0.25, -0.2) is 9.97 Å². The highest BCUT2D eigenvalue weighted by molar-refractivity contribution is 7.11. The molecular weight excluding hydrogens is 396 g/mol. The number of thiazole rings is 1. The largest absolute Gasteiger partial charge is 0.444 e. The minimum atomic E-state index is 0.635. The Morgan fingerprint density at radius 3 is 2.70 bits per heavy atom. The number of nitrogens with zero attached hydrogens (tertiary/aromatic N) is 4. The van der Waals surface area contributed by atoms with Gasteiger partial charge in [-0.2, -0.15) is 0 Å².